The van der Waals surface area contributed by atoms with Crippen LogP contribution in [0.5, 0.6) is 0 Å². The lowest BCUT2D eigenvalue weighted by molar-refractivity contribution is 0.104. The fourth-order valence-corrected chi connectivity index (χ4v) is 5.84. The zero-order valence-electron chi connectivity index (χ0n) is 19.1. The molecule has 3 aromatic rings. The molecule has 4 N–H and O–H groups in total. The Balaban J connectivity index is 1.49. The van der Waals surface area contributed by atoms with Crippen LogP contribution in [0.2, 0.25) is 0 Å². The molecule has 0 radical (unpaired) electrons. The average molecular weight is 499 g/mol. The molecule has 4 rings (SSSR count). The number of benzene rings is 1. The Kier molecular flexibility index (Phi) is 8.69. The molecule has 1 aromatic carbocycles. The summed E-state index contributed by atoms with van der Waals surface area (Å²) in [6, 6.07) is 10.4. The van der Waals surface area contributed by atoms with E-state index in [0.29, 0.717) is 35.2 Å². The Bertz CT molecular complexity index is 1110. The first-order chi connectivity index (χ1) is 16.6. The molecule has 0 bridgehead atoms. The molecular formula is C25H30N4O3S2. The third kappa shape index (κ3) is 5.84. The van der Waals surface area contributed by atoms with Crippen LogP contribution < -0.4 is 10.5 Å². The molecule has 3 atom stereocenters. The van der Waals surface area contributed by atoms with Crippen molar-refractivity contribution in [1.29, 1.82) is 0 Å². The minimum atomic E-state index is -0.0763. The molecule has 0 spiro atoms. The molecule has 2 heterocycles. The Hall–Kier alpha value is -2.30. The molecule has 180 valence electrons. The van der Waals surface area contributed by atoms with E-state index in [9.17, 15) is 9.90 Å². The molecular weight excluding hydrogens is 468 g/mol. The molecule has 7 nitrogen and oxygen atoms in total. The number of rotatable bonds is 11. The molecule has 1 aliphatic rings. The number of carbonyl (C=O) groups excluding carboxylic acids is 1. The summed E-state index contributed by atoms with van der Waals surface area (Å²) in [5.74, 6) is 1.07. The fraction of sp³-hybridized carbons (Fsp3) is 0.400. The summed E-state index contributed by atoms with van der Waals surface area (Å²) < 4.78 is 5.29. The Morgan fingerprint density at radius 1 is 1.38 bits per heavy atom. The van der Waals surface area contributed by atoms with E-state index in [2.05, 4.69) is 28.3 Å². The topological polar surface area (TPSA) is 110 Å². The van der Waals surface area contributed by atoms with Crippen molar-refractivity contribution in [1.82, 2.24) is 9.97 Å². The molecule has 3 unspecified atom stereocenters. The van der Waals surface area contributed by atoms with E-state index < -0.39 is 0 Å². The van der Waals surface area contributed by atoms with Gasteiger partial charge in [-0.05, 0) is 59.7 Å². The van der Waals surface area contributed by atoms with Gasteiger partial charge in [-0.1, -0.05) is 31.2 Å². The summed E-state index contributed by atoms with van der Waals surface area (Å²) in [5.41, 5.74) is 3.87. The number of nitrogens with two attached hydrogens (primary N) is 1. The highest BCUT2D eigenvalue weighted by Crippen LogP contribution is 2.33. The van der Waals surface area contributed by atoms with Crippen LogP contribution in [0, 0.1) is 5.92 Å². The number of carbonyl (C=O) groups is 1. The number of aliphatic hydroxyl groups excluding tert-OH is 1. The van der Waals surface area contributed by atoms with Crippen LogP contribution in [0.4, 0.5) is 5.82 Å². The SMILES string of the molecule is CC(c1csc(C(=O)c2cncnc2NC2CCC(COSN)C2)c1)c1ccccc1CCO. The van der Waals surface area contributed by atoms with Gasteiger partial charge in [-0.25, -0.2) is 9.97 Å². The first-order valence-electron chi connectivity index (χ1n) is 11.5. The number of hydrogen-bond acceptors (Lipinski definition) is 9. The minimum absolute atomic E-state index is 0.0763. The summed E-state index contributed by atoms with van der Waals surface area (Å²) in [6.07, 6.45) is 6.68. The van der Waals surface area contributed by atoms with E-state index in [1.54, 1.807) is 6.20 Å². The highest BCUT2D eigenvalue weighted by Gasteiger charge is 2.27. The molecule has 1 fully saturated rings. The van der Waals surface area contributed by atoms with Crippen molar-refractivity contribution in [2.45, 2.75) is 44.6 Å². The number of aromatic nitrogens is 2. The molecule has 1 aliphatic carbocycles. The van der Waals surface area contributed by atoms with Gasteiger partial charge in [0, 0.05) is 24.8 Å². The Labute approximate surface area is 208 Å². The predicted octanol–water partition coefficient (Wildman–Crippen LogP) is 4.57. The zero-order valence-corrected chi connectivity index (χ0v) is 20.8. The van der Waals surface area contributed by atoms with Gasteiger partial charge in [0.1, 0.15) is 12.1 Å². The third-order valence-corrected chi connectivity index (χ3v) is 7.68. The van der Waals surface area contributed by atoms with Gasteiger partial charge in [0.25, 0.3) is 0 Å². The quantitative estimate of drug-likeness (QED) is 0.200. The smallest absolute Gasteiger partial charge is 0.208 e. The first-order valence-corrected chi connectivity index (χ1v) is 13.2. The van der Waals surface area contributed by atoms with Crippen LogP contribution in [-0.4, -0.2) is 40.1 Å². The van der Waals surface area contributed by atoms with Crippen molar-refractivity contribution in [2.24, 2.45) is 11.1 Å². The van der Waals surface area contributed by atoms with Crippen LogP contribution in [0.1, 0.15) is 64.0 Å². The van der Waals surface area contributed by atoms with Gasteiger partial charge < -0.3 is 14.6 Å². The second-order valence-electron chi connectivity index (χ2n) is 8.65. The van der Waals surface area contributed by atoms with Gasteiger partial charge in [0.05, 0.1) is 29.3 Å². The predicted molar refractivity (Wildman–Crippen MR) is 137 cm³/mol. The van der Waals surface area contributed by atoms with Gasteiger partial charge in [-0.15, -0.1) is 11.3 Å². The van der Waals surface area contributed by atoms with Crippen molar-refractivity contribution >= 4 is 35.2 Å². The normalized spacial score (nSPS) is 18.7. The van der Waals surface area contributed by atoms with Crippen LogP contribution in [-0.2, 0) is 10.6 Å². The van der Waals surface area contributed by atoms with Crippen molar-refractivity contribution in [3.63, 3.8) is 0 Å². The highest BCUT2D eigenvalue weighted by molar-refractivity contribution is 7.92. The lowest BCUT2D eigenvalue weighted by atomic mass is 9.90. The number of ketones is 1. The number of anilines is 1. The van der Waals surface area contributed by atoms with Crippen LogP contribution in [0.15, 0.2) is 48.2 Å². The maximum Gasteiger partial charge on any atom is 0.208 e. The number of aliphatic hydroxyl groups is 1. The van der Waals surface area contributed by atoms with Crippen LogP contribution >= 0.6 is 23.6 Å². The van der Waals surface area contributed by atoms with E-state index in [0.717, 1.165) is 42.6 Å². The molecule has 0 saturated heterocycles. The maximum absolute atomic E-state index is 13.4. The Morgan fingerprint density at radius 3 is 3.06 bits per heavy atom. The summed E-state index contributed by atoms with van der Waals surface area (Å²) in [5, 5.41) is 20.3. The average Bonchev–Trinajstić information content (AvgIpc) is 3.53. The largest absolute Gasteiger partial charge is 0.396 e. The van der Waals surface area contributed by atoms with E-state index in [1.165, 1.54) is 23.2 Å². The monoisotopic (exact) mass is 498 g/mol. The number of hydrogen-bond donors (Lipinski definition) is 3. The Morgan fingerprint density at radius 2 is 2.24 bits per heavy atom. The molecule has 0 amide bonds. The third-order valence-electron chi connectivity index (χ3n) is 6.46. The van der Waals surface area contributed by atoms with Crippen molar-refractivity contribution in [3.8, 4) is 0 Å². The van der Waals surface area contributed by atoms with E-state index >= 15 is 0 Å². The molecule has 9 heteroatoms. The second-order valence-corrected chi connectivity index (χ2v) is 9.99. The van der Waals surface area contributed by atoms with Crippen molar-refractivity contribution in [3.05, 3.63) is 75.4 Å². The molecule has 0 aliphatic heterocycles. The molecule has 34 heavy (non-hydrogen) atoms. The summed E-state index contributed by atoms with van der Waals surface area (Å²) in [4.78, 5) is 22.6. The van der Waals surface area contributed by atoms with Crippen LogP contribution in [0.25, 0.3) is 0 Å². The summed E-state index contributed by atoms with van der Waals surface area (Å²) >= 11 is 2.35. The van der Waals surface area contributed by atoms with Crippen LogP contribution in [0.3, 0.4) is 0 Å². The number of nitrogens with zero attached hydrogens (tertiary/aromatic N) is 2. The first kappa shape index (κ1) is 24.8. The van der Waals surface area contributed by atoms with E-state index in [4.69, 9.17) is 9.32 Å². The van der Waals surface area contributed by atoms with Gasteiger partial charge in [-0.3, -0.25) is 9.93 Å². The standard InChI is InChI=1S/C25H30N4O3S2/c1-16(21-5-3-2-4-18(21)8-9-30)19-11-23(33-14-19)24(31)22-12-27-15-28-25(22)29-20-7-6-17(10-20)13-32-34-26/h2-5,11-12,14-17,20,30H,6-10,13,26H2,1H3,(H,27,28,29). The highest BCUT2D eigenvalue weighted by atomic mass is 32.2. The van der Waals surface area contributed by atoms with E-state index in [-0.39, 0.29) is 24.3 Å². The molecule has 1 saturated carbocycles. The zero-order chi connectivity index (χ0) is 23.9. The summed E-state index contributed by atoms with van der Waals surface area (Å²) in [6.45, 7) is 2.88. The van der Waals surface area contributed by atoms with E-state index in [1.807, 2.05) is 29.6 Å². The number of thiophene rings is 1. The lowest BCUT2D eigenvalue weighted by Gasteiger charge is -2.16. The van der Waals surface area contributed by atoms with Crippen molar-refractivity contribution < 1.29 is 14.1 Å². The molecule has 2 aromatic heterocycles. The second kappa shape index (κ2) is 11.9. The number of nitrogens with one attached hydrogen (secondary N) is 1. The van der Waals surface area contributed by atoms with Gasteiger partial charge >= 0.3 is 0 Å². The van der Waals surface area contributed by atoms with Gasteiger partial charge in [0.15, 0.2) is 0 Å². The van der Waals surface area contributed by atoms with Gasteiger partial charge in [-0.2, -0.15) is 0 Å². The van der Waals surface area contributed by atoms with Crippen molar-refractivity contribution in [2.75, 3.05) is 18.5 Å². The maximum atomic E-state index is 13.4. The summed E-state index contributed by atoms with van der Waals surface area (Å²) in [7, 11) is 0. The fourth-order valence-electron chi connectivity index (χ4n) is 4.61. The van der Waals surface area contributed by atoms with Gasteiger partial charge in [0.2, 0.25) is 5.78 Å². The lowest BCUT2D eigenvalue weighted by Crippen LogP contribution is -2.20. The minimum Gasteiger partial charge on any atom is -0.396 e.